The standard InChI is InChI=1S/C20H31N5O3/c1-20(2)16-12-21-18(23-14-6-9-27-10-7-14)24-17(16)13-25(20)19(26)22-11-15-5-3-4-8-28-15/h12,14-15H,3-11,13H2,1-2H3,(H,22,26)(H,21,23,24). The van der Waals surface area contributed by atoms with Gasteiger partial charge in [0.05, 0.1) is 23.9 Å². The Labute approximate surface area is 166 Å². The maximum absolute atomic E-state index is 12.9. The highest BCUT2D eigenvalue weighted by Crippen LogP contribution is 2.37. The highest BCUT2D eigenvalue weighted by Gasteiger charge is 2.42. The summed E-state index contributed by atoms with van der Waals surface area (Å²) in [5.41, 5.74) is 1.48. The molecule has 3 aliphatic heterocycles. The van der Waals surface area contributed by atoms with Gasteiger partial charge in [0.2, 0.25) is 5.95 Å². The molecule has 2 saturated heterocycles. The quantitative estimate of drug-likeness (QED) is 0.822. The molecular formula is C20H31N5O3. The Morgan fingerprint density at radius 2 is 2.07 bits per heavy atom. The van der Waals surface area contributed by atoms with Crippen LogP contribution in [0.3, 0.4) is 0 Å². The number of urea groups is 1. The Balaban J connectivity index is 1.39. The van der Waals surface area contributed by atoms with E-state index in [1.165, 1.54) is 6.42 Å². The number of fused-ring (bicyclic) bond motifs is 1. The molecule has 28 heavy (non-hydrogen) atoms. The van der Waals surface area contributed by atoms with Crippen LogP contribution in [0.4, 0.5) is 10.7 Å². The van der Waals surface area contributed by atoms with Crippen LogP contribution in [0.25, 0.3) is 0 Å². The maximum Gasteiger partial charge on any atom is 0.318 e. The molecule has 3 aliphatic rings. The number of ether oxygens (including phenoxy) is 2. The molecule has 0 saturated carbocycles. The van der Waals surface area contributed by atoms with Gasteiger partial charge in [-0.2, -0.15) is 0 Å². The molecule has 0 bridgehead atoms. The van der Waals surface area contributed by atoms with Crippen LogP contribution in [-0.4, -0.2) is 59.4 Å². The second kappa shape index (κ2) is 8.21. The van der Waals surface area contributed by atoms with Crippen molar-refractivity contribution in [2.24, 2.45) is 0 Å². The van der Waals surface area contributed by atoms with E-state index in [0.29, 0.717) is 25.1 Å². The van der Waals surface area contributed by atoms with Gasteiger partial charge in [0.1, 0.15) is 0 Å². The first kappa shape index (κ1) is 19.4. The second-order valence-electron chi connectivity index (χ2n) is 8.40. The van der Waals surface area contributed by atoms with E-state index >= 15 is 0 Å². The lowest BCUT2D eigenvalue weighted by molar-refractivity contribution is 0.0169. The number of anilines is 1. The molecule has 4 rings (SSSR count). The van der Waals surface area contributed by atoms with Gasteiger partial charge in [-0.3, -0.25) is 0 Å². The minimum atomic E-state index is -0.440. The van der Waals surface area contributed by atoms with Crippen LogP contribution in [0.15, 0.2) is 6.20 Å². The van der Waals surface area contributed by atoms with E-state index in [1.54, 1.807) is 0 Å². The lowest BCUT2D eigenvalue weighted by Crippen LogP contribution is -2.48. The number of carbonyl (C=O) groups is 1. The van der Waals surface area contributed by atoms with Crippen molar-refractivity contribution >= 4 is 12.0 Å². The molecule has 2 N–H and O–H groups in total. The van der Waals surface area contributed by atoms with Crippen LogP contribution < -0.4 is 10.6 Å². The third-order valence-corrected chi connectivity index (χ3v) is 6.06. The maximum atomic E-state index is 12.9. The molecule has 1 unspecified atom stereocenters. The summed E-state index contributed by atoms with van der Waals surface area (Å²) >= 11 is 0. The molecular weight excluding hydrogens is 358 g/mol. The van der Waals surface area contributed by atoms with Crippen molar-refractivity contribution in [3.05, 3.63) is 17.5 Å². The fourth-order valence-electron chi connectivity index (χ4n) is 4.23. The van der Waals surface area contributed by atoms with Crippen LogP contribution in [0.2, 0.25) is 0 Å². The number of rotatable bonds is 4. The Bertz CT molecular complexity index is 699. The molecule has 8 nitrogen and oxygen atoms in total. The summed E-state index contributed by atoms with van der Waals surface area (Å²) in [5.74, 6) is 0.638. The lowest BCUT2D eigenvalue weighted by atomic mass is 9.97. The van der Waals surface area contributed by atoms with E-state index in [-0.39, 0.29) is 12.1 Å². The molecule has 1 aromatic rings. The summed E-state index contributed by atoms with van der Waals surface area (Å²) in [6, 6.07) is 0.271. The third kappa shape index (κ3) is 4.07. The Morgan fingerprint density at radius 3 is 2.82 bits per heavy atom. The van der Waals surface area contributed by atoms with Crippen molar-refractivity contribution < 1.29 is 14.3 Å². The van der Waals surface area contributed by atoms with Crippen LogP contribution >= 0.6 is 0 Å². The van der Waals surface area contributed by atoms with Gasteiger partial charge >= 0.3 is 6.03 Å². The summed E-state index contributed by atoms with van der Waals surface area (Å²) in [4.78, 5) is 23.9. The van der Waals surface area contributed by atoms with Gasteiger partial charge in [-0.1, -0.05) is 0 Å². The molecule has 4 heterocycles. The number of nitrogens with one attached hydrogen (secondary N) is 2. The Morgan fingerprint density at radius 1 is 1.25 bits per heavy atom. The van der Waals surface area contributed by atoms with Crippen molar-refractivity contribution in [3.8, 4) is 0 Å². The molecule has 1 atom stereocenters. The highest BCUT2D eigenvalue weighted by atomic mass is 16.5. The predicted molar refractivity (Wildman–Crippen MR) is 105 cm³/mol. The van der Waals surface area contributed by atoms with Crippen molar-refractivity contribution in [2.45, 2.75) is 70.2 Å². The van der Waals surface area contributed by atoms with Crippen LogP contribution in [-0.2, 0) is 21.6 Å². The second-order valence-corrected chi connectivity index (χ2v) is 8.40. The summed E-state index contributed by atoms with van der Waals surface area (Å²) in [7, 11) is 0. The average Bonchev–Trinajstić information content (AvgIpc) is 2.98. The SMILES string of the molecule is CC1(C)c2cnc(NC3CCOCC3)nc2CN1C(=O)NCC1CCCCO1. The molecule has 8 heteroatoms. The predicted octanol–water partition coefficient (Wildman–Crippen LogP) is 2.40. The zero-order valence-electron chi connectivity index (χ0n) is 16.9. The minimum absolute atomic E-state index is 0.0730. The zero-order valence-corrected chi connectivity index (χ0v) is 16.9. The van der Waals surface area contributed by atoms with Crippen molar-refractivity contribution in [3.63, 3.8) is 0 Å². The first-order chi connectivity index (χ1) is 13.5. The van der Waals surface area contributed by atoms with E-state index in [1.807, 2.05) is 24.9 Å². The largest absolute Gasteiger partial charge is 0.381 e. The van der Waals surface area contributed by atoms with E-state index in [2.05, 4.69) is 15.6 Å². The monoisotopic (exact) mass is 389 g/mol. The number of hydrogen-bond donors (Lipinski definition) is 2. The number of nitrogens with zero attached hydrogens (tertiary/aromatic N) is 3. The molecule has 1 aromatic heterocycles. The van der Waals surface area contributed by atoms with Crippen molar-refractivity contribution in [1.29, 1.82) is 0 Å². The topological polar surface area (TPSA) is 88.6 Å². The Kier molecular flexibility index (Phi) is 5.68. The number of amides is 2. The smallest absolute Gasteiger partial charge is 0.318 e. The summed E-state index contributed by atoms with van der Waals surface area (Å²) in [6.45, 7) is 7.48. The van der Waals surface area contributed by atoms with E-state index in [0.717, 1.165) is 56.8 Å². The minimum Gasteiger partial charge on any atom is -0.381 e. The summed E-state index contributed by atoms with van der Waals surface area (Å²) in [5, 5.41) is 6.46. The fourth-order valence-corrected chi connectivity index (χ4v) is 4.23. The van der Waals surface area contributed by atoms with Gasteiger partial charge in [-0.15, -0.1) is 0 Å². The summed E-state index contributed by atoms with van der Waals surface area (Å²) < 4.78 is 11.1. The number of hydrogen-bond acceptors (Lipinski definition) is 6. The van der Waals surface area contributed by atoms with E-state index in [4.69, 9.17) is 14.5 Å². The first-order valence-corrected chi connectivity index (χ1v) is 10.4. The number of aromatic nitrogens is 2. The van der Waals surface area contributed by atoms with Gasteiger partial charge < -0.3 is 25.0 Å². The van der Waals surface area contributed by atoms with Crippen LogP contribution in [0.1, 0.15) is 57.2 Å². The molecule has 0 aromatic carbocycles. The van der Waals surface area contributed by atoms with Gasteiger partial charge in [-0.05, 0) is 46.0 Å². The van der Waals surface area contributed by atoms with Gasteiger partial charge in [0, 0.05) is 44.2 Å². The average molecular weight is 390 g/mol. The van der Waals surface area contributed by atoms with Gasteiger partial charge in [-0.25, -0.2) is 14.8 Å². The van der Waals surface area contributed by atoms with E-state index < -0.39 is 5.54 Å². The molecule has 2 fully saturated rings. The Hall–Kier alpha value is -1.93. The van der Waals surface area contributed by atoms with Crippen LogP contribution in [0.5, 0.6) is 0 Å². The van der Waals surface area contributed by atoms with Crippen molar-refractivity contribution in [2.75, 3.05) is 31.7 Å². The zero-order chi connectivity index (χ0) is 19.6. The van der Waals surface area contributed by atoms with Crippen LogP contribution in [0, 0.1) is 0 Å². The van der Waals surface area contributed by atoms with E-state index in [9.17, 15) is 4.79 Å². The fraction of sp³-hybridized carbons (Fsp3) is 0.750. The summed E-state index contributed by atoms with van der Waals surface area (Å²) in [6.07, 6.45) is 7.20. The molecule has 154 valence electrons. The molecule has 0 aliphatic carbocycles. The molecule has 0 spiro atoms. The third-order valence-electron chi connectivity index (χ3n) is 6.06. The molecule has 2 amide bonds. The van der Waals surface area contributed by atoms with Gasteiger partial charge in [0.15, 0.2) is 0 Å². The van der Waals surface area contributed by atoms with Crippen molar-refractivity contribution in [1.82, 2.24) is 20.2 Å². The number of carbonyl (C=O) groups excluding carboxylic acids is 1. The molecule has 0 radical (unpaired) electrons. The normalized spacial score (nSPS) is 24.6. The lowest BCUT2D eigenvalue weighted by Gasteiger charge is -2.33. The highest BCUT2D eigenvalue weighted by molar-refractivity contribution is 5.76. The first-order valence-electron chi connectivity index (χ1n) is 10.4. The van der Waals surface area contributed by atoms with Gasteiger partial charge in [0.25, 0.3) is 0 Å².